The topological polar surface area (TPSA) is 20.2 Å². The van der Waals surface area contributed by atoms with Gasteiger partial charge in [-0.2, -0.15) is 0 Å². The fourth-order valence-electron chi connectivity index (χ4n) is 1.51. The van der Waals surface area contributed by atoms with E-state index in [1.54, 1.807) is 18.2 Å². The summed E-state index contributed by atoms with van der Waals surface area (Å²) in [4.78, 5) is 0. The average Bonchev–Trinajstić information content (AvgIpc) is 2.24. The Morgan fingerprint density at radius 2 is 1.88 bits per heavy atom. The van der Waals surface area contributed by atoms with Gasteiger partial charge in [-0.3, -0.25) is 0 Å². The van der Waals surface area contributed by atoms with E-state index >= 15 is 0 Å². The van der Waals surface area contributed by atoms with Crippen LogP contribution in [0.15, 0.2) is 39.3 Å². The van der Waals surface area contributed by atoms with Crippen molar-refractivity contribution in [3.05, 3.63) is 50.1 Å². The highest BCUT2D eigenvalue weighted by molar-refractivity contribution is 9.11. The zero-order chi connectivity index (χ0) is 12.6. The molecule has 0 spiro atoms. The number of hydrogen-bond acceptors (Lipinski definition) is 1. The predicted molar refractivity (Wildman–Crippen MR) is 73.9 cm³/mol. The highest BCUT2D eigenvalue weighted by Crippen LogP contribution is 2.41. The summed E-state index contributed by atoms with van der Waals surface area (Å²) in [5.41, 5.74) is 0.531. The Hall–Kier alpha value is -0.580. The van der Waals surface area contributed by atoms with Gasteiger partial charge in [-0.1, -0.05) is 33.6 Å². The van der Waals surface area contributed by atoms with Crippen LogP contribution in [0.2, 0.25) is 5.02 Å². The molecule has 2 rings (SSSR count). The summed E-state index contributed by atoms with van der Waals surface area (Å²) < 4.78 is 14.9. The SMILES string of the molecule is Oc1c(Br)cc(Br)cc1-c1c(F)cccc1Cl. The van der Waals surface area contributed by atoms with Gasteiger partial charge in [0.15, 0.2) is 0 Å². The van der Waals surface area contributed by atoms with E-state index in [1.807, 2.05) is 0 Å². The summed E-state index contributed by atoms with van der Waals surface area (Å²) in [5.74, 6) is -0.516. The molecule has 2 aromatic rings. The van der Waals surface area contributed by atoms with Gasteiger partial charge >= 0.3 is 0 Å². The highest BCUT2D eigenvalue weighted by atomic mass is 79.9. The summed E-state index contributed by atoms with van der Waals surface area (Å²) in [5, 5.41) is 10.2. The van der Waals surface area contributed by atoms with E-state index in [9.17, 15) is 9.50 Å². The Kier molecular flexibility index (Phi) is 3.76. The van der Waals surface area contributed by atoms with Crippen molar-refractivity contribution >= 4 is 43.5 Å². The van der Waals surface area contributed by atoms with Gasteiger partial charge in [-0.25, -0.2) is 4.39 Å². The molecule has 5 heteroatoms. The average molecular weight is 380 g/mol. The van der Waals surface area contributed by atoms with Crippen molar-refractivity contribution in [2.75, 3.05) is 0 Å². The molecule has 0 saturated heterocycles. The molecule has 0 unspecified atom stereocenters. The number of hydrogen-bond donors (Lipinski definition) is 1. The lowest BCUT2D eigenvalue weighted by Gasteiger charge is -2.10. The molecule has 0 bridgehead atoms. The molecule has 0 aromatic heterocycles. The fourth-order valence-corrected chi connectivity index (χ4v) is 3.00. The third-order valence-electron chi connectivity index (χ3n) is 2.26. The first-order chi connectivity index (χ1) is 8.00. The van der Waals surface area contributed by atoms with Crippen LogP contribution in [0.4, 0.5) is 4.39 Å². The van der Waals surface area contributed by atoms with E-state index < -0.39 is 5.82 Å². The lowest BCUT2D eigenvalue weighted by Crippen LogP contribution is -1.87. The standard InChI is InChI=1S/C12H6Br2ClFO/c13-6-4-7(12(17)8(14)5-6)11-9(15)2-1-3-10(11)16/h1-5,17H. The second kappa shape index (κ2) is 4.96. The molecule has 0 fully saturated rings. The number of benzene rings is 2. The van der Waals surface area contributed by atoms with Gasteiger partial charge in [0.05, 0.1) is 9.50 Å². The van der Waals surface area contributed by atoms with Crippen molar-refractivity contribution in [3.8, 4) is 16.9 Å². The molecular weight excluding hydrogens is 374 g/mol. The quantitative estimate of drug-likeness (QED) is 0.705. The summed E-state index contributed by atoms with van der Waals surface area (Å²) in [6.07, 6.45) is 0. The largest absolute Gasteiger partial charge is 0.506 e. The maximum atomic E-state index is 13.8. The maximum absolute atomic E-state index is 13.8. The molecule has 0 aliphatic heterocycles. The van der Waals surface area contributed by atoms with E-state index in [2.05, 4.69) is 31.9 Å². The van der Waals surface area contributed by atoms with Gasteiger partial charge in [0.2, 0.25) is 0 Å². The minimum atomic E-state index is -0.474. The van der Waals surface area contributed by atoms with Crippen LogP contribution in [-0.4, -0.2) is 5.11 Å². The molecule has 2 aromatic carbocycles. The van der Waals surface area contributed by atoms with E-state index in [4.69, 9.17) is 11.6 Å². The highest BCUT2D eigenvalue weighted by Gasteiger charge is 2.16. The van der Waals surface area contributed by atoms with Crippen molar-refractivity contribution in [1.29, 1.82) is 0 Å². The van der Waals surface area contributed by atoms with Crippen LogP contribution in [0.5, 0.6) is 5.75 Å². The third kappa shape index (κ3) is 2.49. The fraction of sp³-hybridized carbons (Fsp3) is 0. The molecule has 0 heterocycles. The van der Waals surface area contributed by atoms with Gasteiger partial charge < -0.3 is 5.11 Å². The Morgan fingerprint density at radius 1 is 1.18 bits per heavy atom. The van der Waals surface area contributed by atoms with E-state index in [1.165, 1.54) is 12.1 Å². The summed E-state index contributed by atoms with van der Waals surface area (Å²) >= 11 is 12.4. The Balaban J connectivity index is 2.77. The Labute approximate surface area is 119 Å². The number of rotatable bonds is 1. The minimum Gasteiger partial charge on any atom is -0.506 e. The Morgan fingerprint density at radius 3 is 2.53 bits per heavy atom. The van der Waals surface area contributed by atoms with Gasteiger partial charge in [0.1, 0.15) is 11.6 Å². The molecule has 0 amide bonds. The smallest absolute Gasteiger partial charge is 0.137 e. The van der Waals surface area contributed by atoms with Crippen LogP contribution < -0.4 is 0 Å². The molecule has 0 aliphatic rings. The van der Waals surface area contributed by atoms with Crippen molar-refractivity contribution < 1.29 is 9.50 Å². The zero-order valence-corrected chi connectivity index (χ0v) is 12.3. The van der Waals surface area contributed by atoms with Crippen LogP contribution in [0.1, 0.15) is 0 Å². The second-order valence-corrected chi connectivity index (χ2v) is 5.56. The van der Waals surface area contributed by atoms with Crippen molar-refractivity contribution in [3.63, 3.8) is 0 Å². The first-order valence-electron chi connectivity index (χ1n) is 4.63. The van der Waals surface area contributed by atoms with E-state index in [-0.39, 0.29) is 16.3 Å². The summed E-state index contributed by atoms with van der Waals surface area (Å²) in [7, 11) is 0. The predicted octanol–water partition coefficient (Wildman–Crippen LogP) is 5.38. The number of phenols is 1. The number of aromatic hydroxyl groups is 1. The molecule has 1 N–H and O–H groups in total. The van der Waals surface area contributed by atoms with Gasteiger partial charge in [-0.05, 0) is 40.2 Å². The molecule has 0 atom stereocenters. The second-order valence-electron chi connectivity index (χ2n) is 3.38. The first kappa shape index (κ1) is 12.9. The molecule has 17 heavy (non-hydrogen) atoms. The van der Waals surface area contributed by atoms with Crippen LogP contribution in [0.25, 0.3) is 11.1 Å². The number of halogens is 4. The summed E-state index contributed by atoms with van der Waals surface area (Å²) in [6.45, 7) is 0. The van der Waals surface area contributed by atoms with Crippen LogP contribution in [-0.2, 0) is 0 Å². The normalized spacial score (nSPS) is 10.6. The van der Waals surface area contributed by atoms with Crippen molar-refractivity contribution in [2.45, 2.75) is 0 Å². The van der Waals surface area contributed by atoms with E-state index in [0.717, 1.165) is 4.47 Å². The molecule has 88 valence electrons. The van der Waals surface area contributed by atoms with Gasteiger partial charge in [-0.15, -0.1) is 0 Å². The van der Waals surface area contributed by atoms with Crippen molar-refractivity contribution in [1.82, 2.24) is 0 Å². The molecule has 0 aliphatic carbocycles. The number of phenolic OH excluding ortho intramolecular Hbond substituents is 1. The third-order valence-corrected chi connectivity index (χ3v) is 3.64. The Bertz CT molecular complexity index is 567. The molecule has 0 radical (unpaired) electrons. The van der Waals surface area contributed by atoms with Gasteiger partial charge in [0.25, 0.3) is 0 Å². The molecule has 1 nitrogen and oxygen atoms in total. The van der Waals surface area contributed by atoms with Gasteiger partial charge in [0, 0.05) is 15.6 Å². The van der Waals surface area contributed by atoms with Crippen LogP contribution in [0, 0.1) is 5.82 Å². The zero-order valence-electron chi connectivity index (χ0n) is 8.35. The molecule has 0 saturated carbocycles. The monoisotopic (exact) mass is 378 g/mol. The maximum Gasteiger partial charge on any atom is 0.137 e. The summed E-state index contributed by atoms with van der Waals surface area (Å²) in [6, 6.07) is 7.69. The first-order valence-corrected chi connectivity index (χ1v) is 6.59. The van der Waals surface area contributed by atoms with E-state index in [0.29, 0.717) is 10.0 Å². The van der Waals surface area contributed by atoms with Crippen molar-refractivity contribution in [2.24, 2.45) is 0 Å². The lowest BCUT2D eigenvalue weighted by atomic mass is 10.0. The lowest BCUT2D eigenvalue weighted by molar-refractivity contribution is 0.473. The minimum absolute atomic E-state index is 0.0415. The molecular formula is C12H6Br2ClFO. The van der Waals surface area contributed by atoms with Crippen LogP contribution in [0.3, 0.4) is 0 Å². The van der Waals surface area contributed by atoms with Crippen LogP contribution >= 0.6 is 43.5 Å².